The second kappa shape index (κ2) is 4.92. The molecule has 0 atom stereocenters. The van der Waals surface area contributed by atoms with Crippen molar-refractivity contribution < 1.29 is 0 Å². The molecule has 102 valence electrons. The van der Waals surface area contributed by atoms with Crippen molar-refractivity contribution >= 4 is 16.6 Å². The van der Waals surface area contributed by atoms with E-state index >= 15 is 0 Å². The zero-order chi connectivity index (χ0) is 14.1. The molecule has 2 N–H and O–H groups in total. The molecule has 0 aliphatic rings. The lowest BCUT2D eigenvalue weighted by molar-refractivity contribution is 0.776. The summed E-state index contributed by atoms with van der Waals surface area (Å²) in [5, 5.41) is 5.60. The fourth-order valence-corrected chi connectivity index (χ4v) is 2.45. The van der Waals surface area contributed by atoms with Gasteiger partial charge in [0.1, 0.15) is 6.33 Å². The van der Waals surface area contributed by atoms with E-state index in [9.17, 15) is 0 Å². The topological polar surface area (TPSA) is 69.6 Å². The Balaban J connectivity index is 2.31. The molecule has 0 amide bonds. The standard InChI is InChI=1S/C15H17N5/c1-3-11-14(16)13(4-2)20(19-11)15-10-7-5-6-8-12(10)17-9-18-15/h5-9H,3-4,16H2,1-2H3. The van der Waals surface area contributed by atoms with Crippen molar-refractivity contribution in [1.82, 2.24) is 19.7 Å². The van der Waals surface area contributed by atoms with Gasteiger partial charge in [0, 0.05) is 5.39 Å². The van der Waals surface area contributed by atoms with Crippen LogP contribution in [-0.4, -0.2) is 19.7 Å². The summed E-state index contributed by atoms with van der Waals surface area (Å²) in [4.78, 5) is 8.70. The Morgan fingerprint density at radius 1 is 1.10 bits per heavy atom. The maximum absolute atomic E-state index is 6.18. The molecule has 0 aliphatic heterocycles. The summed E-state index contributed by atoms with van der Waals surface area (Å²) in [6, 6.07) is 7.93. The number of hydrogen-bond donors (Lipinski definition) is 1. The quantitative estimate of drug-likeness (QED) is 0.791. The summed E-state index contributed by atoms with van der Waals surface area (Å²) < 4.78 is 1.86. The van der Waals surface area contributed by atoms with Gasteiger partial charge < -0.3 is 5.73 Å². The number of nitrogens with zero attached hydrogens (tertiary/aromatic N) is 4. The normalized spacial score (nSPS) is 11.1. The molecule has 1 aromatic carbocycles. The summed E-state index contributed by atoms with van der Waals surface area (Å²) >= 11 is 0. The summed E-state index contributed by atoms with van der Waals surface area (Å²) in [6.07, 6.45) is 3.20. The zero-order valence-corrected chi connectivity index (χ0v) is 11.7. The SMILES string of the molecule is CCc1nn(-c2ncnc3ccccc23)c(CC)c1N. The fraction of sp³-hybridized carbons (Fsp3) is 0.267. The second-order valence-corrected chi connectivity index (χ2v) is 4.64. The Labute approximate surface area is 117 Å². The van der Waals surface area contributed by atoms with E-state index in [0.29, 0.717) is 0 Å². The summed E-state index contributed by atoms with van der Waals surface area (Å²) in [6.45, 7) is 4.13. The van der Waals surface area contributed by atoms with Crippen molar-refractivity contribution in [2.45, 2.75) is 26.7 Å². The number of fused-ring (bicyclic) bond motifs is 1. The predicted molar refractivity (Wildman–Crippen MR) is 79.8 cm³/mol. The maximum atomic E-state index is 6.18. The Morgan fingerprint density at radius 3 is 2.65 bits per heavy atom. The number of anilines is 1. The van der Waals surface area contributed by atoms with Crippen LogP contribution in [0.1, 0.15) is 25.2 Å². The van der Waals surface area contributed by atoms with Gasteiger partial charge in [-0.2, -0.15) is 5.10 Å². The lowest BCUT2D eigenvalue weighted by Gasteiger charge is -2.08. The minimum absolute atomic E-state index is 0.776. The van der Waals surface area contributed by atoms with Crippen molar-refractivity contribution in [2.75, 3.05) is 5.73 Å². The Kier molecular flexibility index (Phi) is 3.10. The second-order valence-electron chi connectivity index (χ2n) is 4.64. The monoisotopic (exact) mass is 267 g/mol. The van der Waals surface area contributed by atoms with Gasteiger partial charge in [0.15, 0.2) is 5.82 Å². The van der Waals surface area contributed by atoms with E-state index in [4.69, 9.17) is 5.73 Å². The molecule has 0 saturated carbocycles. The van der Waals surface area contributed by atoms with Crippen LogP contribution in [0.25, 0.3) is 16.7 Å². The number of benzene rings is 1. The maximum Gasteiger partial charge on any atom is 0.164 e. The number of aryl methyl sites for hydroxylation is 1. The molecule has 0 unspecified atom stereocenters. The third-order valence-corrected chi connectivity index (χ3v) is 3.49. The highest BCUT2D eigenvalue weighted by Gasteiger charge is 2.16. The number of nitrogens with two attached hydrogens (primary N) is 1. The molecule has 0 aliphatic carbocycles. The smallest absolute Gasteiger partial charge is 0.164 e. The third kappa shape index (κ3) is 1.82. The third-order valence-electron chi connectivity index (χ3n) is 3.49. The van der Waals surface area contributed by atoms with E-state index in [0.717, 1.165) is 46.6 Å². The Morgan fingerprint density at radius 2 is 1.90 bits per heavy atom. The largest absolute Gasteiger partial charge is 0.396 e. The van der Waals surface area contributed by atoms with Crippen LogP contribution in [0.4, 0.5) is 5.69 Å². The first-order valence-electron chi connectivity index (χ1n) is 6.82. The molecule has 2 aromatic heterocycles. The highest BCUT2D eigenvalue weighted by molar-refractivity contribution is 5.85. The molecule has 0 spiro atoms. The van der Waals surface area contributed by atoms with Crippen molar-refractivity contribution in [1.29, 1.82) is 0 Å². The lowest BCUT2D eigenvalue weighted by atomic mass is 10.2. The fourth-order valence-electron chi connectivity index (χ4n) is 2.45. The van der Waals surface area contributed by atoms with Gasteiger partial charge in [-0.15, -0.1) is 0 Å². The molecule has 0 fully saturated rings. The molecular formula is C15H17N5. The minimum atomic E-state index is 0.776. The number of para-hydroxylation sites is 1. The van der Waals surface area contributed by atoms with Crippen LogP contribution in [-0.2, 0) is 12.8 Å². The van der Waals surface area contributed by atoms with Crippen LogP contribution in [0.5, 0.6) is 0 Å². The predicted octanol–water partition coefficient (Wildman–Crippen LogP) is 2.52. The van der Waals surface area contributed by atoms with Crippen molar-refractivity contribution in [3.63, 3.8) is 0 Å². The minimum Gasteiger partial charge on any atom is -0.396 e. The molecule has 0 saturated heterocycles. The highest BCUT2D eigenvalue weighted by Crippen LogP contribution is 2.24. The van der Waals surface area contributed by atoms with Gasteiger partial charge in [0.2, 0.25) is 0 Å². The van der Waals surface area contributed by atoms with E-state index in [1.165, 1.54) is 0 Å². The summed E-state index contributed by atoms with van der Waals surface area (Å²) in [7, 11) is 0. The highest BCUT2D eigenvalue weighted by atomic mass is 15.3. The molecule has 3 aromatic rings. The first kappa shape index (κ1) is 12.6. The Bertz CT molecular complexity index is 755. The molecule has 0 bridgehead atoms. The van der Waals surface area contributed by atoms with Crippen LogP contribution < -0.4 is 5.73 Å². The first-order valence-corrected chi connectivity index (χ1v) is 6.82. The summed E-state index contributed by atoms with van der Waals surface area (Å²) in [5.41, 5.74) is 9.79. The van der Waals surface area contributed by atoms with Gasteiger partial charge >= 0.3 is 0 Å². The van der Waals surface area contributed by atoms with E-state index in [1.54, 1.807) is 6.33 Å². The van der Waals surface area contributed by atoms with Gasteiger partial charge in [-0.25, -0.2) is 14.6 Å². The molecule has 5 heteroatoms. The zero-order valence-electron chi connectivity index (χ0n) is 11.7. The lowest BCUT2D eigenvalue weighted by Crippen LogP contribution is -2.06. The van der Waals surface area contributed by atoms with E-state index in [1.807, 2.05) is 28.9 Å². The van der Waals surface area contributed by atoms with Crippen molar-refractivity contribution in [3.05, 3.63) is 42.0 Å². The molecule has 5 nitrogen and oxygen atoms in total. The number of aromatic nitrogens is 4. The molecule has 3 rings (SSSR count). The Hall–Kier alpha value is -2.43. The summed E-state index contributed by atoms with van der Waals surface area (Å²) in [5.74, 6) is 0.791. The van der Waals surface area contributed by atoms with Crippen LogP contribution in [0.15, 0.2) is 30.6 Å². The van der Waals surface area contributed by atoms with Crippen LogP contribution in [0.3, 0.4) is 0 Å². The van der Waals surface area contributed by atoms with Gasteiger partial charge in [-0.3, -0.25) is 0 Å². The van der Waals surface area contributed by atoms with Gasteiger partial charge in [0.25, 0.3) is 0 Å². The van der Waals surface area contributed by atoms with Crippen LogP contribution in [0, 0.1) is 0 Å². The van der Waals surface area contributed by atoms with Gasteiger partial charge in [0.05, 0.1) is 22.6 Å². The van der Waals surface area contributed by atoms with E-state index in [2.05, 4.69) is 28.9 Å². The van der Waals surface area contributed by atoms with E-state index < -0.39 is 0 Å². The van der Waals surface area contributed by atoms with E-state index in [-0.39, 0.29) is 0 Å². The van der Waals surface area contributed by atoms with Gasteiger partial charge in [-0.1, -0.05) is 26.0 Å². The number of hydrogen-bond acceptors (Lipinski definition) is 4. The van der Waals surface area contributed by atoms with Gasteiger partial charge in [-0.05, 0) is 25.0 Å². The average Bonchev–Trinajstić information content (AvgIpc) is 2.82. The van der Waals surface area contributed by atoms with Crippen LogP contribution >= 0.6 is 0 Å². The molecular weight excluding hydrogens is 250 g/mol. The number of nitrogen functional groups attached to an aromatic ring is 1. The number of rotatable bonds is 3. The molecule has 2 heterocycles. The molecule has 20 heavy (non-hydrogen) atoms. The average molecular weight is 267 g/mol. The molecule has 0 radical (unpaired) electrons. The van der Waals surface area contributed by atoms with Crippen LogP contribution in [0.2, 0.25) is 0 Å². The van der Waals surface area contributed by atoms with Crippen molar-refractivity contribution in [3.8, 4) is 5.82 Å². The first-order chi connectivity index (χ1) is 9.76. The van der Waals surface area contributed by atoms with Crippen molar-refractivity contribution in [2.24, 2.45) is 0 Å².